The molecule has 2 heterocycles. The largest absolute Gasteiger partial charge is 0.494 e. The average molecular weight is 403 g/mol. The molecule has 1 aliphatic heterocycles. The molecule has 0 saturated heterocycles. The summed E-state index contributed by atoms with van der Waals surface area (Å²) in [6, 6.07) is 17.9. The SMILES string of the molecule is CCOc1ccc(-c2ccc(=O)n(C(C)C(=O)N3c4ccccc4CC3C)n2)cc1. The lowest BCUT2D eigenvalue weighted by molar-refractivity contribution is -0.121. The van der Waals surface area contributed by atoms with Gasteiger partial charge in [0.05, 0.1) is 12.3 Å². The van der Waals surface area contributed by atoms with Gasteiger partial charge in [-0.05, 0) is 69.2 Å². The van der Waals surface area contributed by atoms with Gasteiger partial charge in [0.25, 0.3) is 11.5 Å². The van der Waals surface area contributed by atoms with E-state index < -0.39 is 6.04 Å². The summed E-state index contributed by atoms with van der Waals surface area (Å²) in [4.78, 5) is 27.7. The van der Waals surface area contributed by atoms with Crippen molar-refractivity contribution in [1.82, 2.24) is 9.78 Å². The zero-order valence-electron chi connectivity index (χ0n) is 17.4. The molecule has 6 nitrogen and oxygen atoms in total. The lowest BCUT2D eigenvalue weighted by Gasteiger charge is -2.26. The number of aromatic nitrogens is 2. The van der Waals surface area contributed by atoms with E-state index in [0.29, 0.717) is 12.3 Å². The summed E-state index contributed by atoms with van der Waals surface area (Å²) in [7, 11) is 0. The summed E-state index contributed by atoms with van der Waals surface area (Å²) >= 11 is 0. The summed E-state index contributed by atoms with van der Waals surface area (Å²) < 4.78 is 6.76. The van der Waals surface area contributed by atoms with Crippen LogP contribution in [0.3, 0.4) is 0 Å². The highest BCUT2D eigenvalue weighted by atomic mass is 16.5. The number of nitrogens with zero attached hydrogens (tertiary/aromatic N) is 3. The van der Waals surface area contributed by atoms with E-state index in [9.17, 15) is 9.59 Å². The fourth-order valence-corrected chi connectivity index (χ4v) is 3.95. The van der Waals surface area contributed by atoms with Crippen molar-refractivity contribution < 1.29 is 9.53 Å². The molecular weight excluding hydrogens is 378 g/mol. The molecule has 0 radical (unpaired) electrons. The fraction of sp³-hybridized carbons (Fsp3) is 0.292. The minimum atomic E-state index is -0.714. The van der Waals surface area contributed by atoms with Crippen LogP contribution in [0.15, 0.2) is 65.5 Å². The Labute approximate surface area is 175 Å². The highest BCUT2D eigenvalue weighted by Gasteiger charge is 2.34. The molecular formula is C24H25N3O3. The quantitative estimate of drug-likeness (QED) is 0.649. The molecule has 154 valence electrons. The Morgan fingerprint density at radius 3 is 2.60 bits per heavy atom. The smallest absolute Gasteiger partial charge is 0.267 e. The van der Waals surface area contributed by atoms with Gasteiger partial charge in [-0.1, -0.05) is 18.2 Å². The van der Waals surface area contributed by atoms with Gasteiger partial charge in [0, 0.05) is 23.4 Å². The van der Waals surface area contributed by atoms with Crippen LogP contribution >= 0.6 is 0 Å². The van der Waals surface area contributed by atoms with Crippen LogP contribution < -0.4 is 15.2 Å². The Hall–Kier alpha value is -3.41. The Balaban J connectivity index is 1.64. The number of ether oxygens (including phenoxy) is 1. The molecule has 1 aromatic heterocycles. The van der Waals surface area contributed by atoms with Crippen LogP contribution in [0.2, 0.25) is 0 Å². The van der Waals surface area contributed by atoms with Crippen molar-refractivity contribution >= 4 is 11.6 Å². The minimum Gasteiger partial charge on any atom is -0.494 e. The molecule has 3 aromatic rings. The van der Waals surface area contributed by atoms with E-state index in [2.05, 4.69) is 5.10 Å². The molecule has 0 bridgehead atoms. The second-order valence-corrected chi connectivity index (χ2v) is 7.52. The topological polar surface area (TPSA) is 64.4 Å². The van der Waals surface area contributed by atoms with Crippen molar-refractivity contribution in [2.45, 2.75) is 39.3 Å². The monoisotopic (exact) mass is 403 g/mol. The van der Waals surface area contributed by atoms with Gasteiger partial charge in [0.15, 0.2) is 0 Å². The van der Waals surface area contributed by atoms with Crippen LogP contribution in [0.25, 0.3) is 11.3 Å². The van der Waals surface area contributed by atoms with Crippen LogP contribution in [0.1, 0.15) is 32.4 Å². The fourth-order valence-electron chi connectivity index (χ4n) is 3.95. The first-order chi connectivity index (χ1) is 14.5. The van der Waals surface area contributed by atoms with Gasteiger partial charge >= 0.3 is 0 Å². The van der Waals surface area contributed by atoms with Crippen molar-refractivity contribution in [3.05, 3.63) is 76.6 Å². The Kier molecular flexibility index (Phi) is 5.40. The lowest BCUT2D eigenvalue weighted by atomic mass is 10.1. The van der Waals surface area contributed by atoms with E-state index in [0.717, 1.165) is 29.0 Å². The van der Waals surface area contributed by atoms with E-state index in [1.54, 1.807) is 17.9 Å². The molecule has 0 saturated carbocycles. The van der Waals surface area contributed by atoms with Gasteiger partial charge in [-0.2, -0.15) is 5.10 Å². The summed E-state index contributed by atoms with van der Waals surface area (Å²) in [5.41, 5.74) is 3.25. The molecule has 1 amide bonds. The van der Waals surface area contributed by atoms with E-state index >= 15 is 0 Å². The number of benzene rings is 2. The van der Waals surface area contributed by atoms with Gasteiger partial charge in [-0.25, -0.2) is 4.68 Å². The summed E-state index contributed by atoms with van der Waals surface area (Å²) in [6.07, 6.45) is 0.809. The molecule has 2 aromatic carbocycles. The molecule has 0 aliphatic carbocycles. The zero-order valence-corrected chi connectivity index (χ0v) is 17.4. The number of hydrogen-bond acceptors (Lipinski definition) is 4. The van der Waals surface area contributed by atoms with E-state index in [1.165, 1.54) is 10.7 Å². The normalized spacial score (nSPS) is 16.2. The number of anilines is 1. The van der Waals surface area contributed by atoms with Crippen molar-refractivity contribution in [2.24, 2.45) is 0 Å². The molecule has 0 spiro atoms. The highest BCUT2D eigenvalue weighted by Crippen LogP contribution is 2.33. The van der Waals surface area contributed by atoms with Gasteiger partial charge < -0.3 is 9.64 Å². The number of para-hydroxylation sites is 1. The predicted molar refractivity (Wildman–Crippen MR) is 117 cm³/mol. The third-order valence-electron chi connectivity index (χ3n) is 5.46. The second kappa shape index (κ2) is 8.14. The first-order valence-corrected chi connectivity index (χ1v) is 10.2. The number of rotatable bonds is 5. The Bertz CT molecular complexity index is 1120. The summed E-state index contributed by atoms with van der Waals surface area (Å²) in [5.74, 6) is 0.644. The number of carbonyl (C=O) groups is 1. The Morgan fingerprint density at radius 1 is 1.13 bits per heavy atom. The maximum absolute atomic E-state index is 13.3. The molecule has 2 atom stereocenters. The average Bonchev–Trinajstić information content (AvgIpc) is 3.09. The summed E-state index contributed by atoms with van der Waals surface area (Å²) in [5, 5.41) is 4.51. The standard InChI is InChI=1S/C24H25N3O3/c1-4-30-20-11-9-18(10-12-20)21-13-14-23(28)27(25-21)17(3)24(29)26-16(2)15-19-7-5-6-8-22(19)26/h5-14,16-17H,4,15H2,1-3H3. The van der Waals surface area contributed by atoms with E-state index in [4.69, 9.17) is 4.74 Å². The van der Waals surface area contributed by atoms with Crippen molar-refractivity contribution in [2.75, 3.05) is 11.5 Å². The maximum Gasteiger partial charge on any atom is 0.267 e. The van der Waals surface area contributed by atoms with Gasteiger partial charge in [0.2, 0.25) is 0 Å². The van der Waals surface area contributed by atoms with Crippen molar-refractivity contribution in [3.63, 3.8) is 0 Å². The first kappa shape index (κ1) is 19.9. The van der Waals surface area contributed by atoms with Crippen LogP contribution in [-0.4, -0.2) is 28.3 Å². The molecule has 0 fully saturated rings. The van der Waals surface area contributed by atoms with E-state index in [-0.39, 0.29) is 17.5 Å². The molecule has 4 rings (SSSR count). The molecule has 6 heteroatoms. The van der Waals surface area contributed by atoms with Gasteiger partial charge in [-0.3, -0.25) is 9.59 Å². The minimum absolute atomic E-state index is 0.0438. The number of fused-ring (bicyclic) bond motifs is 1. The zero-order chi connectivity index (χ0) is 21.3. The molecule has 2 unspecified atom stereocenters. The Morgan fingerprint density at radius 2 is 1.87 bits per heavy atom. The third kappa shape index (κ3) is 3.61. The van der Waals surface area contributed by atoms with Crippen LogP contribution in [0.5, 0.6) is 5.75 Å². The number of amides is 1. The first-order valence-electron chi connectivity index (χ1n) is 10.2. The summed E-state index contributed by atoms with van der Waals surface area (Å²) in [6.45, 7) is 6.28. The van der Waals surface area contributed by atoms with Crippen molar-refractivity contribution in [3.8, 4) is 17.0 Å². The van der Waals surface area contributed by atoms with Crippen molar-refractivity contribution in [1.29, 1.82) is 0 Å². The van der Waals surface area contributed by atoms with Gasteiger partial charge in [-0.15, -0.1) is 0 Å². The highest BCUT2D eigenvalue weighted by molar-refractivity contribution is 5.98. The number of hydrogen-bond donors (Lipinski definition) is 0. The third-order valence-corrected chi connectivity index (χ3v) is 5.46. The number of carbonyl (C=O) groups excluding carboxylic acids is 1. The van der Waals surface area contributed by atoms with Gasteiger partial charge in [0.1, 0.15) is 11.8 Å². The molecule has 1 aliphatic rings. The van der Waals surface area contributed by atoms with Crippen LogP contribution in [-0.2, 0) is 11.2 Å². The van der Waals surface area contributed by atoms with Crippen LogP contribution in [0, 0.1) is 0 Å². The van der Waals surface area contributed by atoms with E-state index in [1.807, 2.05) is 62.4 Å². The lowest BCUT2D eigenvalue weighted by Crippen LogP contribution is -2.42. The predicted octanol–water partition coefficient (Wildman–Crippen LogP) is 3.85. The molecule has 0 N–H and O–H groups in total. The maximum atomic E-state index is 13.3. The second-order valence-electron chi connectivity index (χ2n) is 7.52. The van der Waals surface area contributed by atoms with Crippen LogP contribution in [0.4, 0.5) is 5.69 Å². The molecule has 30 heavy (non-hydrogen) atoms.